The van der Waals surface area contributed by atoms with Gasteiger partial charge in [-0.3, -0.25) is 14.9 Å². The number of carboxylic acid groups (broad SMARTS) is 1. The maximum absolute atomic E-state index is 12.2. The fourth-order valence-corrected chi connectivity index (χ4v) is 3.47. The Balaban J connectivity index is 2.28. The van der Waals surface area contributed by atoms with Crippen molar-refractivity contribution >= 4 is 29.3 Å². The lowest BCUT2D eigenvalue weighted by atomic mass is 9.98. The van der Waals surface area contributed by atoms with Crippen molar-refractivity contribution in [3.63, 3.8) is 0 Å². The van der Waals surface area contributed by atoms with Crippen LogP contribution in [0.3, 0.4) is 0 Å². The molecule has 9 heteroatoms. The van der Waals surface area contributed by atoms with Crippen LogP contribution in [0.2, 0.25) is 0 Å². The Labute approximate surface area is 130 Å². The molecule has 1 unspecified atom stereocenters. The second-order valence-electron chi connectivity index (χ2n) is 4.79. The molecular weight excluding hydrogens is 312 g/mol. The van der Waals surface area contributed by atoms with E-state index in [2.05, 4.69) is 5.32 Å². The number of nitrogens with one attached hydrogen (secondary N) is 1. The van der Waals surface area contributed by atoms with Crippen molar-refractivity contribution in [3.8, 4) is 5.75 Å². The normalized spacial score (nSPS) is 20.4. The molecule has 1 saturated heterocycles. The molecule has 0 bridgehead atoms. The minimum Gasteiger partial charge on any atom is -0.490 e. The van der Waals surface area contributed by atoms with E-state index in [4.69, 9.17) is 4.74 Å². The summed E-state index contributed by atoms with van der Waals surface area (Å²) in [4.78, 5) is 34.0. The molecule has 1 heterocycles. The lowest BCUT2D eigenvalue weighted by Crippen LogP contribution is -2.54. The number of carboxylic acids is 1. The van der Waals surface area contributed by atoms with Crippen LogP contribution in [-0.4, -0.2) is 46.1 Å². The lowest BCUT2D eigenvalue weighted by Gasteiger charge is -2.24. The van der Waals surface area contributed by atoms with E-state index in [1.54, 1.807) is 0 Å². The number of ether oxygens (including phenoxy) is 1. The minimum absolute atomic E-state index is 0.0185. The number of hydrogen-bond acceptors (Lipinski definition) is 6. The summed E-state index contributed by atoms with van der Waals surface area (Å²) in [5.74, 6) is -0.822. The maximum Gasteiger partial charge on any atom is 0.330 e. The summed E-state index contributed by atoms with van der Waals surface area (Å²) in [6, 6.07) is 3.74. The van der Waals surface area contributed by atoms with E-state index in [1.807, 2.05) is 0 Å². The van der Waals surface area contributed by atoms with Gasteiger partial charge in [-0.05, 0) is 24.3 Å². The van der Waals surface area contributed by atoms with Gasteiger partial charge in [0.15, 0.2) is 5.75 Å². The molecule has 118 valence electrons. The van der Waals surface area contributed by atoms with Gasteiger partial charge in [0.2, 0.25) is 0 Å². The summed E-state index contributed by atoms with van der Waals surface area (Å²) < 4.78 is 4.86. The van der Waals surface area contributed by atoms with Gasteiger partial charge in [-0.25, -0.2) is 4.79 Å². The number of methoxy groups -OCH3 is 1. The highest BCUT2D eigenvalue weighted by molar-refractivity contribution is 7.99. The molecule has 0 radical (unpaired) electrons. The number of rotatable bonds is 5. The van der Waals surface area contributed by atoms with Gasteiger partial charge in [-0.15, -0.1) is 0 Å². The lowest BCUT2D eigenvalue weighted by molar-refractivity contribution is -0.385. The van der Waals surface area contributed by atoms with E-state index in [1.165, 1.54) is 31.0 Å². The topological polar surface area (TPSA) is 119 Å². The second kappa shape index (κ2) is 6.22. The van der Waals surface area contributed by atoms with Crippen LogP contribution in [0.5, 0.6) is 5.75 Å². The van der Waals surface area contributed by atoms with E-state index in [0.29, 0.717) is 12.2 Å². The van der Waals surface area contributed by atoms with Gasteiger partial charge in [0, 0.05) is 17.4 Å². The average Bonchev–Trinajstić information content (AvgIpc) is 2.96. The van der Waals surface area contributed by atoms with Crippen molar-refractivity contribution < 1.29 is 24.4 Å². The Morgan fingerprint density at radius 3 is 2.73 bits per heavy atom. The highest BCUT2D eigenvalue weighted by atomic mass is 32.2. The summed E-state index contributed by atoms with van der Waals surface area (Å²) in [7, 11) is 1.29. The zero-order chi connectivity index (χ0) is 16.3. The molecule has 1 fully saturated rings. The van der Waals surface area contributed by atoms with Crippen LogP contribution in [0, 0.1) is 10.1 Å². The van der Waals surface area contributed by atoms with Crippen LogP contribution >= 0.6 is 11.8 Å². The van der Waals surface area contributed by atoms with Crippen LogP contribution in [0.25, 0.3) is 0 Å². The van der Waals surface area contributed by atoms with Gasteiger partial charge in [-0.2, -0.15) is 11.8 Å². The first kappa shape index (κ1) is 16.1. The van der Waals surface area contributed by atoms with Gasteiger partial charge in [0.1, 0.15) is 5.54 Å². The average molecular weight is 326 g/mol. The number of nitro groups is 1. The SMILES string of the molecule is COc1ccc(C(=O)NC2(C(=O)O)CCSC2)cc1[N+](=O)[O-]. The zero-order valence-electron chi connectivity index (χ0n) is 11.7. The molecule has 1 aromatic carbocycles. The van der Waals surface area contributed by atoms with Crippen LogP contribution in [0.1, 0.15) is 16.8 Å². The van der Waals surface area contributed by atoms with E-state index >= 15 is 0 Å². The molecule has 1 amide bonds. The first-order chi connectivity index (χ1) is 10.4. The van der Waals surface area contributed by atoms with Crippen LogP contribution < -0.4 is 10.1 Å². The van der Waals surface area contributed by atoms with E-state index < -0.39 is 22.3 Å². The number of amides is 1. The molecule has 2 N–H and O–H groups in total. The molecule has 22 heavy (non-hydrogen) atoms. The fourth-order valence-electron chi connectivity index (χ4n) is 2.15. The third kappa shape index (κ3) is 2.98. The molecule has 1 aliphatic rings. The first-order valence-electron chi connectivity index (χ1n) is 6.36. The van der Waals surface area contributed by atoms with Gasteiger partial charge < -0.3 is 15.2 Å². The van der Waals surface area contributed by atoms with Gasteiger partial charge in [-0.1, -0.05) is 0 Å². The summed E-state index contributed by atoms with van der Waals surface area (Å²) in [5, 5.41) is 22.8. The van der Waals surface area contributed by atoms with Gasteiger partial charge in [0.25, 0.3) is 5.91 Å². The van der Waals surface area contributed by atoms with Crippen molar-refractivity contribution in [1.29, 1.82) is 0 Å². The van der Waals surface area contributed by atoms with Crippen molar-refractivity contribution in [1.82, 2.24) is 5.32 Å². The molecule has 0 spiro atoms. The molecule has 1 atom stereocenters. The van der Waals surface area contributed by atoms with Crippen LogP contribution in [-0.2, 0) is 4.79 Å². The molecule has 1 aromatic rings. The number of nitrogens with zero attached hydrogens (tertiary/aromatic N) is 1. The molecule has 0 saturated carbocycles. The third-order valence-electron chi connectivity index (χ3n) is 3.42. The summed E-state index contributed by atoms with van der Waals surface area (Å²) in [5.41, 5.74) is -1.65. The second-order valence-corrected chi connectivity index (χ2v) is 5.89. The Morgan fingerprint density at radius 2 is 2.23 bits per heavy atom. The zero-order valence-corrected chi connectivity index (χ0v) is 12.5. The largest absolute Gasteiger partial charge is 0.490 e. The highest BCUT2D eigenvalue weighted by Crippen LogP contribution is 2.30. The Kier molecular flexibility index (Phi) is 4.55. The third-order valence-corrected chi connectivity index (χ3v) is 4.61. The van der Waals surface area contributed by atoms with E-state index in [-0.39, 0.29) is 22.8 Å². The number of carbonyl (C=O) groups is 2. The van der Waals surface area contributed by atoms with Crippen molar-refractivity contribution in [2.24, 2.45) is 0 Å². The number of benzene rings is 1. The number of carbonyl (C=O) groups excluding carboxylic acids is 1. The standard InChI is InChI=1S/C13H14N2O6S/c1-21-10-3-2-8(6-9(10)15(19)20)11(16)14-13(12(17)18)4-5-22-7-13/h2-3,6H,4-5,7H2,1H3,(H,14,16)(H,17,18). The molecular formula is C13H14N2O6S. The van der Waals surface area contributed by atoms with Crippen molar-refractivity contribution in [2.45, 2.75) is 12.0 Å². The quantitative estimate of drug-likeness (QED) is 0.618. The minimum atomic E-state index is -1.32. The Morgan fingerprint density at radius 1 is 1.50 bits per heavy atom. The summed E-state index contributed by atoms with van der Waals surface area (Å²) in [6.07, 6.45) is 0.316. The summed E-state index contributed by atoms with van der Waals surface area (Å²) in [6.45, 7) is 0. The molecule has 0 aliphatic carbocycles. The van der Waals surface area contributed by atoms with Crippen LogP contribution in [0.4, 0.5) is 5.69 Å². The Bertz CT molecular complexity index is 627. The highest BCUT2D eigenvalue weighted by Gasteiger charge is 2.43. The predicted octanol–water partition coefficient (Wildman–Crippen LogP) is 1.29. The number of aliphatic carboxylic acids is 1. The fraction of sp³-hybridized carbons (Fsp3) is 0.385. The molecule has 0 aromatic heterocycles. The number of nitro benzene ring substituents is 1. The number of hydrogen-bond donors (Lipinski definition) is 2. The van der Waals surface area contributed by atoms with Crippen molar-refractivity contribution in [3.05, 3.63) is 33.9 Å². The molecule has 2 rings (SSSR count). The van der Waals surface area contributed by atoms with E-state index in [9.17, 15) is 24.8 Å². The maximum atomic E-state index is 12.2. The Hall–Kier alpha value is -2.29. The number of thioether (sulfide) groups is 1. The summed E-state index contributed by atoms with van der Waals surface area (Å²) >= 11 is 1.44. The smallest absolute Gasteiger partial charge is 0.330 e. The molecule has 8 nitrogen and oxygen atoms in total. The van der Waals surface area contributed by atoms with Gasteiger partial charge >= 0.3 is 11.7 Å². The van der Waals surface area contributed by atoms with E-state index in [0.717, 1.165) is 6.07 Å². The van der Waals surface area contributed by atoms with Crippen molar-refractivity contribution in [2.75, 3.05) is 18.6 Å². The predicted molar refractivity (Wildman–Crippen MR) is 79.4 cm³/mol. The molecule has 1 aliphatic heterocycles. The first-order valence-corrected chi connectivity index (χ1v) is 7.51. The van der Waals surface area contributed by atoms with Gasteiger partial charge in [0.05, 0.1) is 12.0 Å². The monoisotopic (exact) mass is 326 g/mol. The van der Waals surface area contributed by atoms with Crippen LogP contribution in [0.15, 0.2) is 18.2 Å².